The van der Waals surface area contributed by atoms with E-state index in [9.17, 15) is 9.59 Å². The number of aryl methyl sites for hydroxylation is 2. The fourth-order valence-electron chi connectivity index (χ4n) is 4.94. The van der Waals surface area contributed by atoms with Crippen LogP contribution in [0.5, 0.6) is 0 Å². The van der Waals surface area contributed by atoms with Crippen LogP contribution in [0, 0.1) is 12.8 Å². The number of hydrogen-bond donors (Lipinski definition) is 0. The minimum Gasteiger partial charge on any atom is -0.381 e. The molecule has 3 aliphatic rings. The second kappa shape index (κ2) is 9.69. The third kappa shape index (κ3) is 5.12. The zero-order valence-electron chi connectivity index (χ0n) is 19.3. The summed E-state index contributed by atoms with van der Waals surface area (Å²) in [5.74, 6) is 0.664. The smallest absolute Gasteiger partial charge is 0.257 e. The summed E-state index contributed by atoms with van der Waals surface area (Å²) >= 11 is 0. The minimum atomic E-state index is 0.0288. The van der Waals surface area contributed by atoms with E-state index in [0.717, 1.165) is 77.2 Å². The van der Waals surface area contributed by atoms with Crippen LogP contribution in [-0.4, -0.2) is 94.8 Å². The van der Waals surface area contributed by atoms with Gasteiger partial charge in [-0.3, -0.25) is 19.2 Å². The molecule has 0 aromatic carbocycles. The fourth-order valence-corrected chi connectivity index (χ4v) is 4.94. The van der Waals surface area contributed by atoms with E-state index in [1.54, 1.807) is 0 Å². The summed E-state index contributed by atoms with van der Waals surface area (Å²) in [5, 5.41) is 4.42. The van der Waals surface area contributed by atoms with Gasteiger partial charge in [0, 0.05) is 77.2 Å². The predicted octanol–water partition coefficient (Wildman–Crippen LogP) is 1.78. The maximum absolute atomic E-state index is 13.0. The molecular formula is C23H37N5O3. The molecule has 0 N–H and O–H groups in total. The average Bonchev–Trinajstić information content (AvgIpc) is 3.41. The topological polar surface area (TPSA) is 70.9 Å². The molecule has 4 rings (SSSR count). The van der Waals surface area contributed by atoms with Gasteiger partial charge in [0.15, 0.2) is 0 Å². The first-order chi connectivity index (χ1) is 15.0. The van der Waals surface area contributed by atoms with Crippen molar-refractivity contribution in [3.8, 4) is 0 Å². The molecule has 0 radical (unpaired) electrons. The van der Waals surface area contributed by atoms with Crippen molar-refractivity contribution >= 4 is 11.8 Å². The summed E-state index contributed by atoms with van der Waals surface area (Å²) in [5.41, 5.74) is 1.47. The molecule has 1 aromatic rings. The van der Waals surface area contributed by atoms with Crippen LogP contribution in [0.4, 0.5) is 0 Å². The molecule has 0 spiro atoms. The van der Waals surface area contributed by atoms with Gasteiger partial charge in [0.2, 0.25) is 5.91 Å². The van der Waals surface area contributed by atoms with E-state index in [1.165, 1.54) is 0 Å². The highest BCUT2D eigenvalue weighted by atomic mass is 16.5. The van der Waals surface area contributed by atoms with E-state index in [1.807, 2.05) is 36.7 Å². The van der Waals surface area contributed by atoms with E-state index in [4.69, 9.17) is 4.74 Å². The molecule has 8 nitrogen and oxygen atoms in total. The number of nitrogens with zero attached hydrogens (tertiary/aromatic N) is 5. The lowest BCUT2D eigenvalue weighted by molar-refractivity contribution is -0.131. The summed E-state index contributed by atoms with van der Waals surface area (Å²) in [6, 6.07) is 0.835. The molecule has 172 valence electrons. The van der Waals surface area contributed by atoms with E-state index in [0.29, 0.717) is 30.1 Å². The Kier molecular flexibility index (Phi) is 6.96. The molecule has 1 atom stereocenters. The first-order valence-corrected chi connectivity index (χ1v) is 11.9. The summed E-state index contributed by atoms with van der Waals surface area (Å²) < 4.78 is 7.41. The third-order valence-electron chi connectivity index (χ3n) is 7.07. The van der Waals surface area contributed by atoms with Crippen LogP contribution in [-0.2, 0) is 16.1 Å². The summed E-state index contributed by atoms with van der Waals surface area (Å²) in [6.07, 6.45) is 7.04. The zero-order valence-corrected chi connectivity index (χ0v) is 19.3. The van der Waals surface area contributed by atoms with Crippen molar-refractivity contribution in [1.29, 1.82) is 0 Å². The van der Waals surface area contributed by atoms with Gasteiger partial charge >= 0.3 is 0 Å². The van der Waals surface area contributed by atoms with Crippen molar-refractivity contribution in [3.63, 3.8) is 0 Å². The predicted molar refractivity (Wildman–Crippen MR) is 118 cm³/mol. The van der Waals surface area contributed by atoms with Crippen LogP contribution in [0.25, 0.3) is 0 Å². The Morgan fingerprint density at radius 3 is 2.52 bits per heavy atom. The van der Waals surface area contributed by atoms with Crippen molar-refractivity contribution in [1.82, 2.24) is 24.5 Å². The maximum atomic E-state index is 13.0. The molecule has 2 aliphatic heterocycles. The van der Waals surface area contributed by atoms with E-state index in [2.05, 4.69) is 14.9 Å². The molecule has 8 heteroatoms. The van der Waals surface area contributed by atoms with Gasteiger partial charge in [-0.15, -0.1) is 0 Å². The number of ether oxygens (including phenoxy) is 1. The number of amides is 2. The van der Waals surface area contributed by atoms with Crippen LogP contribution in [0.15, 0.2) is 6.20 Å². The van der Waals surface area contributed by atoms with Gasteiger partial charge in [0.1, 0.15) is 0 Å². The molecule has 1 aliphatic carbocycles. The molecule has 2 saturated heterocycles. The lowest BCUT2D eigenvalue weighted by atomic mass is 10.0. The van der Waals surface area contributed by atoms with Crippen LogP contribution < -0.4 is 0 Å². The average molecular weight is 432 g/mol. The second-order valence-electron chi connectivity index (χ2n) is 9.29. The number of carbonyl (C=O) groups is 2. The number of likely N-dealkylation sites (tertiary alicyclic amines) is 1. The molecule has 3 heterocycles. The summed E-state index contributed by atoms with van der Waals surface area (Å²) in [6.45, 7) is 9.44. The number of carbonyl (C=O) groups excluding carboxylic acids is 2. The molecule has 1 unspecified atom stereocenters. The first-order valence-electron chi connectivity index (χ1n) is 11.9. The number of aromatic nitrogens is 2. The number of likely N-dealkylation sites (N-methyl/N-ethyl adjacent to an activating group) is 1. The Morgan fingerprint density at radius 2 is 1.87 bits per heavy atom. The lowest BCUT2D eigenvalue weighted by Gasteiger charge is -2.39. The standard InChI is InChI=1S/C23H37N5O3/c1-4-27-16-21(17(2)24-27)23(30)25(3)11-12-28(19-8-13-31-14-9-19)20-7-10-26(15-20)22(29)18-5-6-18/h16,18-20H,4-15H2,1-3H3. The highest BCUT2D eigenvalue weighted by Gasteiger charge is 2.39. The van der Waals surface area contributed by atoms with Crippen LogP contribution >= 0.6 is 0 Å². The van der Waals surface area contributed by atoms with Crippen LogP contribution in [0.1, 0.15) is 55.1 Å². The molecule has 3 fully saturated rings. The highest BCUT2D eigenvalue weighted by molar-refractivity contribution is 5.94. The molecule has 1 aromatic heterocycles. The van der Waals surface area contributed by atoms with Gasteiger partial charge in [0.05, 0.1) is 11.3 Å². The zero-order chi connectivity index (χ0) is 22.0. The highest BCUT2D eigenvalue weighted by Crippen LogP contribution is 2.33. The quantitative estimate of drug-likeness (QED) is 0.627. The van der Waals surface area contributed by atoms with Gasteiger partial charge in [-0.2, -0.15) is 5.10 Å². The van der Waals surface area contributed by atoms with E-state index < -0.39 is 0 Å². The molecule has 0 bridgehead atoms. The SMILES string of the molecule is CCn1cc(C(=O)N(C)CCN(C2CCOCC2)C2CCN(C(=O)C3CC3)C2)c(C)n1. The van der Waals surface area contributed by atoms with Crippen molar-refractivity contribution < 1.29 is 14.3 Å². The Bertz CT molecular complexity index is 784. The minimum absolute atomic E-state index is 0.0288. The van der Waals surface area contributed by atoms with Crippen molar-refractivity contribution in [2.45, 2.75) is 64.6 Å². The summed E-state index contributed by atoms with van der Waals surface area (Å²) in [4.78, 5) is 32.0. The second-order valence-corrected chi connectivity index (χ2v) is 9.29. The van der Waals surface area contributed by atoms with Gasteiger partial charge in [-0.25, -0.2) is 0 Å². The lowest BCUT2D eigenvalue weighted by Crippen LogP contribution is -2.50. The largest absolute Gasteiger partial charge is 0.381 e. The van der Waals surface area contributed by atoms with Crippen LogP contribution in [0.2, 0.25) is 0 Å². The molecule has 1 saturated carbocycles. The molecule has 2 amide bonds. The van der Waals surface area contributed by atoms with Crippen LogP contribution in [0.3, 0.4) is 0 Å². The van der Waals surface area contributed by atoms with Crippen molar-refractivity contribution in [2.75, 3.05) is 46.4 Å². The molecular weight excluding hydrogens is 394 g/mol. The Labute approximate surface area is 185 Å². The molecule has 31 heavy (non-hydrogen) atoms. The first kappa shape index (κ1) is 22.3. The Morgan fingerprint density at radius 1 is 1.13 bits per heavy atom. The van der Waals surface area contributed by atoms with Gasteiger partial charge in [0.25, 0.3) is 5.91 Å². The maximum Gasteiger partial charge on any atom is 0.257 e. The Balaban J connectivity index is 1.39. The third-order valence-corrected chi connectivity index (χ3v) is 7.07. The van der Waals surface area contributed by atoms with Crippen molar-refractivity contribution in [3.05, 3.63) is 17.5 Å². The monoisotopic (exact) mass is 431 g/mol. The summed E-state index contributed by atoms with van der Waals surface area (Å²) in [7, 11) is 1.88. The number of hydrogen-bond acceptors (Lipinski definition) is 5. The van der Waals surface area contributed by atoms with E-state index >= 15 is 0 Å². The normalized spacial score (nSPS) is 22.3. The van der Waals surface area contributed by atoms with Crippen molar-refractivity contribution in [2.24, 2.45) is 5.92 Å². The van der Waals surface area contributed by atoms with Gasteiger partial charge in [-0.05, 0) is 46.0 Å². The van der Waals surface area contributed by atoms with E-state index in [-0.39, 0.29) is 11.8 Å². The Hall–Kier alpha value is -1.93. The number of rotatable bonds is 8. The van der Waals surface area contributed by atoms with Gasteiger partial charge in [-0.1, -0.05) is 0 Å². The fraction of sp³-hybridized carbons (Fsp3) is 0.783. The van der Waals surface area contributed by atoms with Gasteiger partial charge < -0.3 is 14.5 Å².